The number of rotatable bonds is 5. The van der Waals surface area contributed by atoms with E-state index >= 15 is 0 Å². The van der Waals surface area contributed by atoms with Crippen molar-refractivity contribution in [2.24, 2.45) is 0 Å². The third kappa shape index (κ3) is 3.47. The van der Waals surface area contributed by atoms with Gasteiger partial charge < -0.3 is 10.4 Å². The van der Waals surface area contributed by atoms with Crippen LogP contribution in [-0.2, 0) is 4.79 Å². The first kappa shape index (κ1) is 16.9. The summed E-state index contributed by atoms with van der Waals surface area (Å²) in [6, 6.07) is 5.72. The summed E-state index contributed by atoms with van der Waals surface area (Å²) < 4.78 is 13.2. The Morgan fingerprint density at radius 2 is 2.04 bits per heavy atom. The van der Waals surface area contributed by atoms with Crippen LogP contribution in [0.4, 0.5) is 4.39 Å². The summed E-state index contributed by atoms with van der Waals surface area (Å²) in [5.41, 5.74) is -0.179. The average Bonchev–Trinajstić information content (AvgIpc) is 2.46. The molecule has 0 spiro atoms. The van der Waals surface area contributed by atoms with Crippen molar-refractivity contribution < 1.29 is 19.1 Å². The van der Waals surface area contributed by atoms with Crippen molar-refractivity contribution in [3.63, 3.8) is 0 Å². The molecule has 1 heterocycles. The molecule has 6 heteroatoms. The Bertz CT molecular complexity index is 776. The van der Waals surface area contributed by atoms with E-state index in [1.165, 1.54) is 25.1 Å². The fraction of sp³-hybridized carbons (Fsp3) is 0.353. The molecular weight excluding hydrogens is 299 g/mol. The molecule has 0 saturated heterocycles. The molecule has 1 aromatic heterocycles. The van der Waals surface area contributed by atoms with Crippen molar-refractivity contribution in [3.05, 3.63) is 41.3 Å². The number of pyridine rings is 1. The lowest BCUT2D eigenvalue weighted by atomic mass is 9.95. The van der Waals surface area contributed by atoms with Crippen LogP contribution >= 0.6 is 0 Å². The van der Waals surface area contributed by atoms with E-state index in [2.05, 4.69) is 10.3 Å². The van der Waals surface area contributed by atoms with Gasteiger partial charge in [-0.15, -0.1) is 0 Å². The fourth-order valence-electron chi connectivity index (χ4n) is 2.51. The maximum Gasteiger partial charge on any atom is 0.329 e. The number of fused-ring (bicyclic) bond motifs is 1. The van der Waals surface area contributed by atoms with Gasteiger partial charge in [-0.3, -0.25) is 9.78 Å². The van der Waals surface area contributed by atoms with Gasteiger partial charge in [-0.2, -0.15) is 0 Å². The van der Waals surface area contributed by atoms with Crippen LogP contribution in [-0.4, -0.2) is 27.5 Å². The standard InChI is InChI=1S/C17H19FN2O3/c1-4-7-17(3,16(22)23)20-15(21)13-8-11-5-6-12(18)9-14(11)19-10(13)2/h5-6,8-9H,4,7H2,1-3H3,(H,20,21)(H,22,23). The van der Waals surface area contributed by atoms with Gasteiger partial charge in [0.05, 0.1) is 16.8 Å². The zero-order chi connectivity index (χ0) is 17.2. The molecule has 0 radical (unpaired) electrons. The topological polar surface area (TPSA) is 79.3 Å². The summed E-state index contributed by atoms with van der Waals surface area (Å²) >= 11 is 0. The summed E-state index contributed by atoms with van der Waals surface area (Å²) in [6.07, 6.45) is 0.941. The Balaban J connectivity index is 2.39. The van der Waals surface area contributed by atoms with E-state index in [0.29, 0.717) is 29.4 Å². The van der Waals surface area contributed by atoms with Crippen LogP contribution < -0.4 is 5.32 Å². The van der Waals surface area contributed by atoms with E-state index in [9.17, 15) is 19.1 Å². The van der Waals surface area contributed by atoms with Crippen molar-refractivity contribution in [3.8, 4) is 0 Å². The summed E-state index contributed by atoms with van der Waals surface area (Å²) in [6.45, 7) is 4.97. The third-order valence-corrected chi connectivity index (χ3v) is 3.83. The highest BCUT2D eigenvalue weighted by Crippen LogP contribution is 2.20. The number of halogens is 1. The number of carboxylic acid groups (broad SMARTS) is 1. The largest absolute Gasteiger partial charge is 0.480 e. The number of carbonyl (C=O) groups excluding carboxylic acids is 1. The van der Waals surface area contributed by atoms with E-state index in [1.807, 2.05) is 6.92 Å². The number of nitrogens with one attached hydrogen (secondary N) is 1. The van der Waals surface area contributed by atoms with Crippen molar-refractivity contribution in [2.45, 2.75) is 39.2 Å². The maximum atomic E-state index is 13.2. The lowest BCUT2D eigenvalue weighted by Gasteiger charge is -2.26. The van der Waals surface area contributed by atoms with E-state index in [-0.39, 0.29) is 5.56 Å². The summed E-state index contributed by atoms with van der Waals surface area (Å²) in [5.74, 6) is -1.98. The zero-order valence-corrected chi connectivity index (χ0v) is 13.3. The molecule has 0 bridgehead atoms. The van der Waals surface area contributed by atoms with E-state index in [0.717, 1.165) is 0 Å². The first-order valence-corrected chi connectivity index (χ1v) is 7.39. The second kappa shape index (κ2) is 6.32. The highest BCUT2D eigenvalue weighted by atomic mass is 19.1. The number of aromatic nitrogens is 1. The Kier molecular flexibility index (Phi) is 4.63. The SMILES string of the molecule is CCCC(C)(NC(=O)c1cc2ccc(F)cc2nc1C)C(=O)O. The maximum absolute atomic E-state index is 13.2. The number of hydrogen-bond acceptors (Lipinski definition) is 3. The number of aliphatic carboxylic acids is 1. The minimum atomic E-state index is -1.34. The second-order valence-corrected chi connectivity index (χ2v) is 5.80. The summed E-state index contributed by atoms with van der Waals surface area (Å²) in [4.78, 5) is 28.2. The molecule has 2 aromatic rings. The average molecular weight is 318 g/mol. The van der Waals surface area contributed by atoms with Crippen LogP contribution in [0.25, 0.3) is 10.9 Å². The van der Waals surface area contributed by atoms with Crippen molar-refractivity contribution in [2.75, 3.05) is 0 Å². The van der Waals surface area contributed by atoms with Gasteiger partial charge in [0.1, 0.15) is 11.4 Å². The Hall–Kier alpha value is -2.50. The molecule has 2 rings (SSSR count). The first-order chi connectivity index (χ1) is 10.8. The minimum Gasteiger partial charge on any atom is -0.480 e. The molecule has 1 unspecified atom stereocenters. The molecule has 0 saturated carbocycles. The number of carboxylic acids is 1. The van der Waals surface area contributed by atoms with Gasteiger partial charge in [-0.25, -0.2) is 9.18 Å². The number of carbonyl (C=O) groups is 2. The van der Waals surface area contributed by atoms with Crippen molar-refractivity contribution in [1.29, 1.82) is 0 Å². The van der Waals surface area contributed by atoms with Crippen molar-refractivity contribution >= 4 is 22.8 Å². The molecule has 1 atom stereocenters. The second-order valence-electron chi connectivity index (χ2n) is 5.80. The number of aryl methyl sites for hydroxylation is 1. The molecule has 23 heavy (non-hydrogen) atoms. The van der Waals surface area contributed by atoms with Crippen LogP contribution in [0.5, 0.6) is 0 Å². The minimum absolute atomic E-state index is 0.285. The number of hydrogen-bond donors (Lipinski definition) is 2. The van der Waals surface area contributed by atoms with Gasteiger partial charge in [0.2, 0.25) is 0 Å². The molecular formula is C17H19FN2O3. The van der Waals surface area contributed by atoms with Crippen LogP contribution in [0.1, 0.15) is 42.7 Å². The van der Waals surface area contributed by atoms with Crippen LogP contribution in [0.2, 0.25) is 0 Å². The Morgan fingerprint density at radius 3 is 2.65 bits per heavy atom. The zero-order valence-electron chi connectivity index (χ0n) is 13.3. The highest BCUT2D eigenvalue weighted by Gasteiger charge is 2.34. The van der Waals surface area contributed by atoms with Crippen molar-refractivity contribution in [1.82, 2.24) is 10.3 Å². The Labute approximate surface area is 133 Å². The normalized spacial score (nSPS) is 13.6. The molecule has 0 aliphatic rings. The molecule has 0 fully saturated rings. The highest BCUT2D eigenvalue weighted by molar-refractivity contribution is 6.01. The van der Waals surface area contributed by atoms with Gasteiger partial charge in [0, 0.05) is 11.5 Å². The summed E-state index contributed by atoms with van der Waals surface area (Å²) in [5, 5.41) is 12.6. The first-order valence-electron chi connectivity index (χ1n) is 7.39. The van der Waals surface area contributed by atoms with E-state index < -0.39 is 23.2 Å². The van der Waals surface area contributed by atoms with Gasteiger partial charge in [0.15, 0.2) is 0 Å². The lowest BCUT2D eigenvalue weighted by Crippen LogP contribution is -2.52. The molecule has 0 aliphatic carbocycles. The van der Waals surface area contributed by atoms with Gasteiger partial charge in [-0.1, -0.05) is 13.3 Å². The lowest BCUT2D eigenvalue weighted by molar-refractivity contribution is -0.144. The summed E-state index contributed by atoms with van der Waals surface area (Å²) in [7, 11) is 0. The molecule has 122 valence electrons. The number of benzene rings is 1. The van der Waals surface area contributed by atoms with Gasteiger partial charge in [-0.05, 0) is 38.5 Å². The fourth-order valence-corrected chi connectivity index (χ4v) is 2.51. The predicted octanol–water partition coefficient (Wildman–Crippen LogP) is 3.06. The van der Waals surface area contributed by atoms with Gasteiger partial charge in [0.25, 0.3) is 5.91 Å². The molecule has 5 nitrogen and oxygen atoms in total. The predicted molar refractivity (Wildman–Crippen MR) is 84.9 cm³/mol. The third-order valence-electron chi connectivity index (χ3n) is 3.83. The van der Waals surface area contributed by atoms with E-state index in [4.69, 9.17) is 0 Å². The van der Waals surface area contributed by atoms with Crippen LogP contribution in [0.15, 0.2) is 24.3 Å². The van der Waals surface area contributed by atoms with E-state index in [1.54, 1.807) is 13.0 Å². The monoisotopic (exact) mass is 318 g/mol. The Morgan fingerprint density at radius 1 is 1.35 bits per heavy atom. The van der Waals surface area contributed by atoms with Crippen LogP contribution in [0, 0.1) is 12.7 Å². The quantitative estimate of drug-likeness (QED) is 0.888. The molecule has 1 amide bonds. The van der Waals surface area contributed by atoms with Crippen LogP contribution in [0.3, 0.4) is 0 Å². The number of nitrogens with zero attached hydrogens (tertiary/aromatic N) is 1. The molecule has 1 aromatic carbocycles. The molecule has 0 aliphatic heterocycles. The smallest absolute Gasteiger partial charge is 0.329 e. The number of amides is 1. The van der Waals surface area contributed by atoms with Gasteiger partial charge >= 0.3 is 5.97 Å². The molecule has 2 N–H and O–H groups in total.